The van der Waals surface area contributed by atoms with Crippen LogP contribution in [0.1, 0.15) is 30.1 Å². The van der Waals surface area contributed by atoms with Crippen LogP contribution in [0.3, 0.4) is 0 Å². The third-order valence-electron chi connectivity index (χ3n) is 3.48. The Morgan fingerprint density at radius 3 is 2.62 bits per heavy atom. The van der Waals surface area contributed by atoms with Gasteiger partial charge in [0, 0.05) is 12.5 Å². The molecule has 3 rings (SSSR count). The molecule has 0 spiro atoms. The Bertz CT molecular complexity index is 641. The van der Waals surface area contributed by atoms with Gasteiger partial charge in [0.05, 0.1) is 0 Å². The zero-order valence-electron chi connectivity index (χ0n) is 11.4. The van der Waals surface area contributed by atoms with Gasteiger partial charge in [-0.05, 0) is 37.0 Å². The summed E-state index contributed by atoms with van der Waals surface area (Å²) in [5.41, 5.74) is 7.32. The maximum atomic E-state index is 12.8. The number of nitrogens with two attached hydrogens (primary N) is 1. The van der Waals surface area contributed by atoms with Crippen LogP contribution in [0.5, 0.6) is 0 Å². The first-order valence-electron chi connectivity index (χ1n) is 6.94. The summed E-state index contributed by atoms with van der Waals surface area (Å²) in [7, 11) is 0. The van der Waals surface area contributed by atoms with Crippen LogP contribution in [0.4, 0.5) is 15.9 Å². The van der Waals surface area contributed by atoms with Crippen LogP contribution in [0.25, 0.3) is 0 Å². The molecule has 1 aliphatic carbocycles. The van der Waals surface area contributed by atoms with E-state index in [4.69, 9.17) is 17.3 Å². The number of hydrogen-bond donors (Lipinski definition) is 2. The molecular formula is C15H16ClFN4. The molecule has 0 amide bonds. The molecule has 0 aliphatic heterocycles. The lowest BCUT2D eigenvalue weighted by Gasteiger charge is -2.11. The summed E-state index contributed by atoms with van der Waals surface area (Å²) in [4.78, 5) is 8.67. The standard InChI is InChI=1S/C15H16ClFN4/c16-13-12(18)15(21-14(20-13)10-3-4-10)19-8-7-9-1-5-11(17)6-2-9/h1-2,5-6,10H,3-4,7-8,18H2,(H,19,20,21). The molecule has 0 bridgehead atoms. The predicted molar refractivity (Wildman–Crippen MR) is 82.0 cm³/mol. The molecule has 4 nitrogen and oxygen atoms in total. The van der Waals surface area contributed by atoms with E-state index in [1.165, 1.54) is 12.1 Å². The van der Waals surface area contributed by atoms with Crippen molar-refractivity contribution in [3.05, 3.63) is 46.6 Å². The Kier molecular flexibility index (Phi) is 3.92. The number of rotatable bonds is 5. The van der Waals surface area contributed by atoms with Gasteiger partial charge in [0.25, 0.3) is 0 Å². The number of halogens is 2. The van der Waals surface area contributed by atoms with Gasteiger partial charge in [0.1, 0.15) is 17.3 Å². The van der Waals surface area contributed by atoms with E-state index in [1.807, 2.05) is 0 Å². The minimum Gasteiger partial charge on any atom is -0.393 e. The Morgan fingerprint density at radius 2 is 1.95 bits per heavy atom. The van der Waals surface area contributed by atoms with Crippen LogP contribution in [-0.2, 0) is 6.42 Å². The van der Waals surface area contributed by atoms with Crippen molar-refractivity contribution in [1.29, 1.82) is 0 Å². The second kappa shape index (κ2) is 5.85. The maximum Gasteiger partial charge on any atom is 0.157 e. The minimum absolute atomic E-state index is 0.229. The van der Waals surface area contributed by atoms with Crippen molar-refractivity contribution in [2.75, 3.05) is 17.6 Å². The van der Waals surface area contributed by atoms with Crippen molar-refractivity contribution < 1.29 is 4.39 Å². The van der Waals surface area contributed by atoms with Crippen molar-refractivity contribution in [2.24, 2.45) is 0 Å². The molecule has 6 heteroatoms. The predicted octanol–water partition coefficient (Wildman–Crippen LogP) is 3.38. The molecule has 0 atom stereocenters. The molecule has 0 radical (unpaired) electrons. The first kappa shape index (κ1) is 14.1. The third-order valence-corrected chi connectivity index (χ3v) is 3.77. The molecule has 21 heavy (non-hydrogen) atoms. The molecule has 1 aliphatic rings. The largest absolute Gasteiger partial charge is 0.393 e. The molecule has 1 fully saturated rings. The van der Waals surface area contributed by atoms with Crippen LogP contribution in [0, 0.1) is 5.82 Å². The number of nitrogens with one attached hydrogen (secondary N) is 1. The highest BCUT2D eigenvalue weighted by Crippen LogP contribution is 2.40. The van der Waals surface area contributed by atoms with E-state index in [0.29, 0.717) is 29.1 Å². The molecule has 1 aromatic carbocycles. The molecule has 110 valence electrons. The van der Waals surface area contributed by atoms with Gasteiger partial charge < -0.3 is 11.1 Å². The molecule has 2 aromatic rings. The zero-order valence-corrected chi connectivity index (χ0v) is 12.2. The van der Waals surface area contributed by atoms with Gasteiger partial charge in [0.2, 0.25) is 0 Å². The Hall–Kier alpha value is -1.88. The smallest absolute Gasteiger partial charge is 0.157 e. The molecule has 1 heterocycles. The van der Waals surface area contributed by atoms with Crippen molar-refractivity contribution >= 4 is 23.1 Å². The Morgan fingerprint density at radius 1 is 1.24 bits per heavy atom. The first-order chi connectivity index (χ1) is 10.1. The number of benzene rings is 1. The number of hydrogen-bond acceptors (Lipinski definition) is 4. The SMILES string of the molecule is Nc1c(Cl)nc(C2CC2)nc1NCCc1ccc(F)cc1. The lowest BCUT2D eigenvalue weighted by Crippen LogP contribution is -2.11. The fourth-order valence-corrected chi connectivity index (χ4v) is 2.27. The summed E-state index contributed by atoms with van der Waals surface area (Å²) in [5.74, 6) is 1.53. The van der Waals surface area contributed by atoms with Gasteiger partial charge >= 0.3 is 0 Å². The lowest BCUT2D eigenvalue weighted by atomic mass is 10.1. The van der Waals surface area contributed by atoms with Crippen molar-refractivity contribution in [2.45, 2.75) is 25.2 Å². The molecule has 1 saturated carbocycles. The molecule has 1 aromatic heterocycles. The van der Waals surface area contributed by atoms with E-state index in [1.54, 1.807) is 12.1 Å². The van der Waals surface area contributed by atoms with E-state index in [-0.39, 0.29) is 5.82 Å². The van der Waals surface area contributed by atoms with Gasteiger partial charge in [-0.3, -0.25) is 0 Å². The number of aromatic nitrogens is 2. The van der Waals surface area contributed by atoms with Gasteiger partial charge in [-0.2, -0.15) is 0 Å². The third kappa shape index (κ3) is 3.42. The monoisotopic (exact) mass is 306 g/mol. The Balaban J connectivity index is 1.65. The summed E-state index contributed by atoms with van der Waals surface area (Å²) in [6.07, 6.45) is 2.96. The van der Waals surface area contributed by atoms with Crippen LogP contribution in [0.2, 0.25) is 5.15 Å². The summed E-state index contributed by atoms with van der Waals surface area (Å²) in [6.45, 7) is 0.646. The maximum absolute atomic E-state index is 12.8. The van der Waals surface area contributed by atoms with E-state index in [9.17, 15) is 4.39 Å². The molecule has 0 saturated heterocycles. The number of nitrogens with zero attached hydrogens (tertiary/aromatic N) is 2. The van der Waals surface area contributed by atoms with Gasteiger partial charge in [-0.15, -0.1) is 0 Å². The van der Waals surface area contributed by atoms with Crippen LogP contribution < -0.4 is 11.1 Å². The fraction of sp³-hybridized carbons (Fsp3) is 0.333. The van der Waals surface area contributed by atoms with Gasteiger partial charge in [-0.1, -0.05) is 23.7 Å². The second-order valence-corrected chi connectivity index (χ2v) is 5.57. The average molecular weight is 307 g/mol. The normalized spacial score (nSPS) is 14.2. The average Bonchev–Trinajstić information content (AvgIpc) is 3.30. The van der Waals surface area contributed by atoms with E-state index >= 15 is 0 Å². The van der Waals surface area contributed by atoms with Crippen molar-refractivity contribution in [3.63, 3.8) is 0 Å². The number of nitrogen functional groups attached to an aromatic ring is 1. The highest BCUT2D eigenvalue weighted by Gasteiger charge is 2.28. The summed E-state index contributed by atoms with van der Waals surface area (Å²) in [5, 5.41) is 3.49. The van der Waals surface area contributed by atoms with Crippen LogP contribution in [-0.4, -0.2) is 16.5 Å². The van der Waals surface area contributed by atoms with E-state index < -0.39 is 0 Å². The summed E-state index contributed by atoms with van der Waals surface area (Å²) in [6, 6.07) is 6.44. The first-order valence-corrected chi connectivity index (χ1v) is 7.32. The minimum atomic E-state index is -0.229. The lowest BCUT2D eigenvalue weighted by molar-refractivity contribution is 0.627. The highest BCUT2D eigenvalue weighted by molar-refractivity contribution is 6.32. The van der Waals surface area contributed by atoms with E-state index in [0.717, 1.165) is 30.7 Å². The van der Waals surface area contributed by atoms with Crippen molar-refractivity contribution in [1.82, 2.24) is 9.97 Å². The second-order valence-electron chi connectivity index (χ2n) is 5.21. The topological polar surface area (TPSA) is 63.8 Å². The quantitative estimate of drug-likeness (QED) is 0.831. The molecular weight excluding hydrogens is 291 g/mol. The van der Waals surface area contributed by atoms with Crippen LogP contribution >= 0.6 is 11.6 Å². The number of anilines is 2. The Labute approximate surface area is 127 Å². The highest BCUT2D eigenvalue weighted by atomic mass is 35.5. The van der Waals surface area contributed by atoms with Gasteiger partial charge in [0.15, 0.2) is 11.0 Å². The summed E-state index contributed by atoms with van der Waals surface area (Å²) >= 11 is 6.05. The summed E-state index contributed by atoms with van der Waals surface area (Å²) < 4.78 is 12.8. The van der Waals surface area contributed by atoms with Crippen LogP contribution in [0.15, 0.2) is 24.3 Å². The molecule has 3 N–H and O–H groups in total. The van der Waals surface area contributed by atoms with Gasteiger partial charge in [-0.25, -0.2) is 14.4 Å². The van der Waals surface area contributed by atoms with Crippen molar-refractivity contribution in [3.8, 4) is 0 Å². The molecule has 0 unspecified atom stereocenters. The zero-order chi connectivity index (χ0) is 14.8. The van der Waals surface area contributed by atoms with E-state index in [2.05, 4.69) is 15.3 Å². The fourth-order valence-electron chi connectivity index (χ4n) is 2.09.